The average Bonchev–Trinajstić information content (AvgIpc) is 3.50. The van der Waals surface area contributed by atoms with Gasteiger partial charge in [-0.3, -0.25) is 9.00 Å². The highest BCUT2D eigenvalue weighted by Crippen LogP contribution is 2.37. The monoisotopic (exact) mass is 398 g/mol. The van der Waals surface area contributed by atoms with E-state index in [1.807, 2.05) is 55.5 Å². The summed E-state index contributed by atoms with van der Waals surface area (Å²) in [6.07, 6.45) is 3.63. The predicted octanol–water partition coefficient (Wildman–Crippen LogP) is 4.61. The van der Waals surface area contributed by atoms with E-state index in [9.17, 15) is 9.00 Å². The molecule has 1 atom stereocenters. The van der Waals surface area contributed by atoms with Gasteiger partial charge in [-0.25, -0.2) is 4.68 Å². The van der Waals surface area contributed by atoms with Crippen LogP contribution in [0.15, 0.2) is 58.2 Å². The van der Waals surface area contributed by atoms with E-state index in [1.54, 1.807) is 10.9 Å². The second kappa shape index (κ2) is 7.06. The number of nitrogens with zero attached hydrogens (tertiary/aromatic N) is 2. The Morgan fingerprint density at radius 1 is 1.04 bits per heavy atom. The minimum atomic E-state index is -1.04. The van der Waals surface area contributed by atoms with E-state index in [-0.39, 0.29) is 11.6 Å². The number of hydrogen-bond acceptors (Lipinski definition) is 3. The van der Waals surface area contributed by atoms with Gasteiger partial charge < -0.3 is 0 Å². The molecule has 1 aliphatic carbocycles. The van der Waals surface area contributed by atoms with Gasteiger partial charge >= 0.3 is 0 Å². The van der Waals surface area contributed by atoms with Gasteiger partial charge in [0.25, 0.3) is 5.56 Å². The minimum absolute atomic E-state index is 0.0440. The largest absolute Gasteiger partial charge is 0.270 e. The van der Waals surface area contributed by atoms with Gasteiger partial charge in [0, 0.05) is 43.7 Å². The number of hydrogen-bond donors (Lipinski definition) is 0. The molecule has 1 saturated carbocycles. The molecule has 0 bridgehead atoms. The quantitative estimate of drug-likeness (QED) is 0.644. The Labute approximate surface area is 165 Å². The molecule has 1 aliphatic rings. The second-order valence-electron chi connectivity index (χ2n) is 6.81. The molecule has 0 aliphatic heterocycles. The average molecular weight is 399 g/mol. The zero-order valence-corrected chi connectivity index (χ0v) is 16.7. The fourth-order valence-corrected chi connectivity index (χ4v) is 3.85. The van der Waals surface area contributed by atoms with Crippen LogP contribution in [0.1, 0.15) is 24.4 Å². The van der Waals surface area contributed by atoms with E-state index in [1.165, 1.54) is 0 Å². The maximum Gasteiger partial charge on any atom is 0.270 e. The van der Waals surface area contributed by atoms with Crippen LogP contribution in [-0.4, -0.2) is 20.2 Å². The van der Waals surface area contributed by atoms with Crippen molar-refractivity contribution in [3.8, 4) is 22.4 Å². The Hall–Kier alpha value is -2.24. The van der Waals surface area contributed by atoms with Crippen molar-refractivity contribution in [2.75, 3.05) is 6.26 Å². The van der Waals surface area contributed by atoms with Gasteiger partial charge in [0.15, 0.2) is 0 Å². The van der Waals surface area contributed by atoms with E-state index in [0.29, 0.717) is 10.6 Å². The Morgan fingerprint density at radius 3 is 2.19 bits per heavy atom. The predicted molar refractivity (Wildman–Crippen MR) is 110 cm³/mol. The lowest BCUT2D eigenvalue weighted by molar-refractivity contribution is 0.599. The summed E-state index contributed by atoms with van der Waals surface area (Å²) in [5, 5.41) is 5.38. The first-order valence-corrected chi connectivity index (χ1v) is 10.7. The number of benzene rings is 2. The number of aromatic nitrogens is 2. The summed E-state index contributed by atoms with van der Waals surface area (Å²) >= 11 is 6.04. The van der Waals surface area contributed by atoms with Gasteiger partial charge in [0.05, 0.1) is 11.7 Å². The first-order valence-electron chi connectivity index (χ1n) is 8.79. The van der Waals surface area contributed by atoms with Crippen LogP contribution in [0.2, 0.25) is 5.02 Å². The van der Waals surface area contributed by atoms with Crippen molar-refractivity contribution in [1.82, 2.24) is 9.78 Å². The molecule has 4 nitrogen and oxygen atoms in total. The highest BCUT2D eigenvalue weighted by Gasteiger charge is 2.28. The molecule has 6 heteroatoms. The summed E-state index contributed by atoms with van der Waals surface area (Å²) in [7, 11) is -1.04. The fourth-order valence-electron chi connectivity index (χ4n) is 3.20. The van der Waals surface area contributed by atoms with Crippen LogP contribution in [0, 0.1) is 6.92 Å². The standard InChI is InChI=1S/C21H19ClN2O2S/c1-13-19(14-3-7-16(22)8-4-14)20(23-24(21(13)25)17-9-10-17)15-5-11-18(12-6-15)27(2)26/h3-8,11-12,17H,9-10H2,1-2H3. The fraction of sp³-hybridized carbons (Fsp3) is 0.238. The summed E-state index contributed by atoms with van der Waals surface area (Å²) in [5.74, 6) is 0. The molecule has 1 fully saturated rings. The zero-order valence-electron chi connectivity index (χ0n) is 15.1. The van der Waals surface area contributed by atoms with Crippen LogP contribution in [0.4, 0.5) is 0 Å². The van der Waals surface area contributed by atoms with Crippen molar-refractivity contribution in [2.45, 2.75) is 30.7 Å². The molecular formula is C21H19ClN2O2S. The lowest BCUT2D eigenvalue weighted by Crippen LogP contribution is -2.25. The molecule has 0 saturated heterocycles. The maximum absolute atomic E-state index is 12.9. The van der Waals surface area contributed by atoms with Gasteiger partial charge in [0.1, 0.15) is 0 Å². The molecule has 4 rings (SSSR count). The molecule has 0 N–H and O–H groups in total. The van der Waals surface area contributed by atoms with Gasteiger partial charge in [-0.2, -0.15) is 5.10 Å². The molecule has 138 valence electrons. The maximum atomic E-state index is 12.9. The van der Waals surface area contributed by atoms with Gasteiger partial charge in [-0.15, -0.1) is 0 Å². The first kappa shape index (κ1) is 18.1. The molecule has 2 aromatic carbocycles. The van der Waals surface area contributed by atoms with Crippen molar-refractivity contribution in [3.05, 3.63) is 69.5 Å². The molecular weight excluding hydrogens is 380 g/mol. The van der Waals surface area contributed by atoms with Crippen LogP contribution in [0.25, 0.3) is 22.4 Å². The summed E-state index contributed by atoms with van der Waals surface area (Å²) in [5.41, 5.74) is 4.01. The van der Waals surface area contributed by atoms with Crippen LogP contribution < -0.4 is 5.56 Å². The smallest absolute Gasteiger partial charge is 0.267 e. The zero-order chi connectivity index (χ0) is 19.1. The summed E-state index contributed by atoms with van der Waals surface area (Å²) in [6.45, 7) is 1.85. The van der Waals surface area contributed by atoms with E-state index in [0.717, 1.165) is 40.1 Å². The number of rotatable bonds is 4. The minimum Gasteiger partial charge on any atom is -0.267 e. The van der Waals surface area contributed by atoms with Crippen molar-refractivity contribution >= 4 is 22.4 Å². The van der Waals surface area contributed by atoms with Gasteiger partial charge in [0.2, 0.25) is 0 Å². The Kier molecular flexibility index (Phi) is 4.74. The van der Waals surface area contributed by atoms with E-state index >= 15 is 0 Å². The lowest BCUT2D eigenvalue weighted by atomic mass is 9.96. The third-order valence-electron chi connectivity index (χ3n) is 4.83. The molecule has 0 spiro atoms. The van der Waals surface area contributed by atoms with E-state index in [4.69, 9.17) is 16.7 Å². The second-order valence-corrected chi connectivity index (χ2v) is 8.63. The third-order valence-corrected chi connectivity index (χ3v) is 6.02. The Balaban J connectivity index is 1.96. The summed E-state index contributed by atoms with van der Waals surface area (Å²) in [6, 6.07) is 15.2. The SMILES string of the molecule is Cc1c(-c2ccc(Cl)cc2)c(-c2ccc(S(C)=O)cc2)nn(C2CC2)c1=O. The Bertz CT molecular complexity index is 1080. The van der Waals surface area contributed by atoms with Crippen LogP contribution in [-0.2, 0) is 10.8 Å². The van der Waals surface area contributed by atoms with Gasteiger partial charge in [-0.1, -0.05) is 35.9 Å². The van der Waals surface area contributed by atoms with Crippen molar-refractivity contribution in [2.24, 2.45) is 0 Å². The topological polar surface area (TPSA) is 52.0 Å². The third kappa shape index (κ3) is 3.49. The molecule has 1 unspecified atom stereocenters. The van der Waals surface area contributed by atoms with Gasteiger partial charge in [-0.05, 0) is 49.6 Å². The van der Waals surface area contributed by atoms with Crippen LogP contribution in [0.3, 0.4) is 0 Å². The molecule has 1 aromatic heterocycles. The van der Waals surface area contributed by atoms with E-state index in [2.05, 4.69) is 0 Å². The molecule has 3 aromatic rings. The normalized spacial score (nSPS) is 14.9. The molecule has 0 amide bonds. The summed E-state index contributed by atoms with van der Waals surface area (Å²) < 4.78 is 13.3. The van der Waals surface area contributed by atoms with E-state index < -0.39 is 10.8 Å². The highest BCUT2D eigenvalue weighted by atomic mass is 35.5. The van der Waals surface area contributed by atoms with Crippen molar-refractivity contribution < 1.29 is 4.21 Å². The summed E-state index contributed by atoms with van der Waals surface area (Å²) in [4.78, 5) is 13.6. The molecule has 27 heavy (non-hydrogen) atoms. The highest BCUT2D eigenvalue weighted by molar-refractivity contribution is 7.84. The van der Waals surface area contributed by atoms with Crippen molar-refractivity contribution in [3.63, 3.8) is 0 Å². The number of halogens is 1. The Morgan fingerprint density at radius 2 is 1.63 bits per heavy atom. The van der Waals surface area contributed by atoms with Crippen LogP contribution >= 0.6 is 11.6 Å². The lowest BCUT2D eigenvalue weighted by Gasteiger charge is -2.15. The first-order chi connectivity index (χ1) is 13.0. The van der Waals surface area contributed by atoms with Crippen LogP contribution in [0.5, 0.6) is 0 Å². The van der Waals surface area contributed by atoms with Crippen molar-refractivity contribution in [1.29, 1.82) is 0 Å². The molecule has 0 radical (unpaired) electrons. The molecule has 1 heterocycles.